The fraction of sp³-hybridized carbons (Fsp3) is 0.641. The number of rotatable bonds is 9. The van der Waals surface area contributed by atoms with Gasteiger partial charge in [0.05, 0.1) is 5.83 Å². The third kappa shape index (κ3) is 8.03. The van der Waals surface area contributed by atoms with Crippen LogP contribution in [0.3, 0.4) is 0 Å². The molecule has 8 atom stereocenters. The van der Waals surface area contributed by atoms with Crippen LogP contribution in [0.1, 0.15) is 112 Å². The van der Waals surface area contributed by atoms with E-state index in [-0.39, 0.29) is 23.5 Å². The first kappa shape index (κ1) is 31.8. The molecule has 0 amide bonds. The minimum atomic E-state index is -0.352. The number of allylic oxidation sites excluding steroid dienone is 12. The Hall–Kier alpha value is -2.14. The Bertz CT molecular complexity index is 1180. The van der Waals surface area contributed by atoms with Crippen LogP contribution in [-0.4, -0.2) is 0 Å². The first-order valence-corrected chi connectivity index (χ1v) is 16.8. The molecule has 4 rings (SSSR count). The summed E-state index contributed by atoms with van der Waals surface area (Å²) in [4.78, 5) is 0. The van der Waals surface area contributed by atoms with E-state index in [1.54, 1.807) is 11.6 Å². The zero-order chi connectivity index (χ0) is 29.5. The molecule has 4 aliphatic carbocycles. The first-order chi connectivity index (χ1) is 19.7. The summed E-state index contributed by atoms with van der Waals surface area (Å²) < 4.78 is 28.1. The van der Waals surface area contributed by atoms with Crippen molar-refractivity contribution in [2.75, 3.05) is 0 Å². The van der Waals surface area contributed by atoms with Crippen molar-refractivity contribution in [3.8, 4) is 0 Å². The Morgan fingerprint density at radius 1 is 0.951 bits per heavy atom. The number of hydrogen-bond acceptors (Lipinski definition) is 0. The average Bonchev–Trinajstić information content (AvgIpc) is 2.96. The second kappa shape index (κ2) is 14.8. The number of halogens is 2. The van der Waals surface area contributed by atoms with Crippen LogP contribution in [0.5, 0.6) is 0 Å². The van der Waals surface area contributed by atoms with Crippen molar-refractivity contribution in [2.24, 2.45) is 47.3 Å². The Labute approximate surface area is 249 Å². The minimum Gasteiger partial charge on any atom is -0.212 e. The molecule has 0 nitrogen and oxygen atoms in total. The predicted octanol–water partition coefficient (Wildman–Crippen LogP) is 12.1. The molecule has 2 bridgehead atoms. The van der Waals surface area contributed by atoms with E-state index < -0.39 is 0 Å². The quantitative estimate of drug-likeness (QED) is 0.149. The van der Waals surface area contributed by atoms with E-state index in [1.165, 1.54) is 55.7 Å². The van der Waals surface area contributed by atoms with E-state index >= 15 is 0 Å². The van der Waals surface area contributed by atoms with E-state index in [0.29, 0.717) is 36.0 Å². The van der Waals surface area contributed by atoms with Crippen LogP contribution in [-0.2, 0) is 0 Å². The van der Waals surface area contributed by atoms with Crippen molar-refractivity contribution in [3.63, 3.8) is 0 Å². The molecule has 0 N–H and O–H groups in total. The SMILES string of the molecule is CCCC(C)CCC1C2=CC(C)CCC2C2C=C(C(C3=C=C=C(F)C=C3)CC2)C(C(C)=CC=C(F)CC)CCC1C. The van der Waals surface area contributed by atoms with E-state index in [4.69, 9.17) is 0 Å². The molecule has 0 radical (unpaired) electrons. The molecule has 0 fully saturated rings. The summed E-state index contributed by atoms with van der Waals surface area (Å²) in [6.45, 7) is 13.7. The van der Waals surface area contributed by atoms with Crippen LogP contribution < -0.4 is 0 Å². The van der Waals surface area contributed by atoms with Gasteiger partial charge in [0.25, 0.3) is 0 Å². The fourth-order valence-corrected chi connectivity index (χ4v) is 8.19. The van der Waals surface area contributed by atoms with Gasteiger partial charge in [-0.05, 0) is 118 Å². The Balaban J connectivity index is 1.79. The molecule has 8 unspecified atom stereocenters. The summed E-state index contributed by atoms with van der Waals surface area (Å²) in [5.41, 5.74) is 11.4. The van der Waals surface area contributed by atoms with E-state index in [9.17, 15) is 8.78 Å². The molecule has 0 spiro atoms. The maximum Gasteiger partial charge on any atom is 0.173 e. The summed E-state index contributed by atoms with van der Waals surface area (Å²) in [6.07, 6.45) is 25.1. The molecule has 0 saturated carbocycles. The zero-order valence-electron chi connectivity index (χ0n) is 26.6. The first-order valence-electron chi connectivity index (χ1n) is 16.8. The summed E-state index contributed by atoms with van der Waals surface area (Å²) in [5.74, 6) is 3.91. The summed E-state index contributed by atoms with van der Waals surface area (Å²) >= 11 is 0. The third-order valence-electron chi connectivity index (χ3n) is 10.7. The third-order valence-corrected chi connectivity index (χ3v) is 10.7. The smallest absolute Gasteiger partial charge is 0.173 e. The van der Waals surface area contributed by atoms with Gasteiger partial charge in [-0.2, -0.15) is 4.39 Å². The fourth-order valence-electron chi connectivity index (χ4n) is 8.19. The maximum atomic E-state index is 14.2. The second-order valence-corrected chi connectivity index (χ2v) is 13.7. The average molecular weight is 561 g/mol. The lowest BCUT2D eigenvalue weighted by Crippen LogP contribution is -2.33. The Kier molecular flexibility index (Phi) is 11.5. The lowest BCUT2D eigenvalue weighted by atomic mass is 9.61. The molecule has 224 valence electrons. The van der Waals surface area contributed by atoms with Gasteiger partial charge in [-0.15, -0.1) is 0 Å². The van der Waals surface area contributed by atoms with Gasteiger partial charge < -0.3 is 0 Å². The Morgan fingerprint density at radius 3 is 2.46 bits per heavy atom. The van der Waals surface area contributed by atoms with Crippen molar-refractivity contribution in [1.82, 2.24) is 0 Å². The van der Waals surface area contributed by atoms with Crippen molar-refractivity contribution in [1.29, 1.82) is 0 Å². The van der Waals surface area contributed by atoms with Crippen LogP contribution in [0.15, 0.2) is 81.9 Å². The maximum absolute atomic E-state index is 14.2. The van der Waals surface area contributed by atoms with Crippen LogP contribution in [0, 0.1) is 47.3 Å². The Morgan fingerprint density at radius 2 is 1.76 bits per heavy atom. The van der Waals surface area contributed by atoms with Crippen molar-refractivity contribution >= 4 is 0 Å². The van der Waals surface area contributed by atoms with Gasteiger partial charge in [0.1, 0.15) is 0 Å². The minimum absolute atomic E-state index is 0.0709. The van der Waals surface area contributed by atoms with E-state index in [0.717, 1.165) is 37.2 Å². The highest BCUT2D eigenvalue weighted by atomic mass is 19.1. The lowest BCUT2D eigenvalue weighted by Gasteiger charge is -2.44. The standard InChI is InChI=1S/C39H54F2/c1-7-9-26(3)10-20-34-29(6)13-22-35(28(5)12-17-32(40)8-2)39-25-31(37-21-11-27(4)24-38(34)37)16-23-36(39)30-14-18-33(41)19-15-30/h12,14,17-18,24-27,29,31,34-37H,7-11,13,16,20-23H2,1-6H3. The van der Waals surface area contributed by atoms with Crippen molar-refractivity contribution in [3.05, 3.63) is 81.9 Å². The van der Waals surface area contributed by atoms with E-state index in [1.807, 2.05) is 19.1 Å². The monoisotopic (exact) mass is 560 g/mol. The predicted molar refractivity (Wildman–Crippen MR) is 170 cm³/mol. The summed E-state index contributed by atoms with van der Waals surface area (Å²) in [5, 5.41) is 0. The molecule has 4 aliphatic rings. The van der Waals surface area contributed by atoms with Crippen LogP contribution >= 0.6 is 0 Å². The molecule has 0 aliphatic heterocycles. The van der Waals surface area contributed by atoms with Gasteiger partial charge in [0.2, 0.25) is 0 Å². The lowest BCUT2D eigenvalue weighted by molar-refractivity contribution is 0.234. The van der Waals surface area contributed by atoms with Gasteiger partial charge >= 0.3 is 0 Å². The topological polar surface area (TPSA) is 0 Å². The second-order valence-electron chi connectivity index (χ2n) is 13.7. The number of hydrogen-bond donors (Lipinski definition) is 0. The van der Waals surface area contributed by atoms with Crippen molar-refractivity contribution in [2.45, 2.75) is 112 Å². The summed E-state index contributed by atoms with van der Waals surface area (Å²) in [7, 11) is 0. The van der Waals surface area contributed by atoms with Gasteiger partial charge in [-0.25, -0.2) is 4.39 Å². The van der Waals surface area contributed by atoms with Gasteiger partial charge in [0.15, 0.2) is 5.83 Å². The molecule has 0 saturated heterocycles. The molecule has 41 heavy (non-hydrogen) atoms. The molecule has 0 aromatic carbocycles. The van der Waals surface area contributed by atoms with Crippen LogP contribution in [0.4, 0.5) is 8.78 Å². The molecule has 0 aromatic heterocycles. The van der Waals surface area contributed by atoms with Gasteiger partial charge in [-0.1, -0.05) is 94.6 Å². The molecular formula is C39H54F2. The molecular weight excluding hydrogens is 506 g/mol. The molecule has 0 aromatic rings. The van der Waals surface area contributed by atoms with Gasteiger partial charge in [-0.3, -0.25) is 0 Å². The molecule has 0 heterocycles. The zero-order valence-corrected chi connectivity index (χ0v) is 26.6. The summed E-state index contributed by atoms with van der Waals surface area (Å²) in [6, 6.07) is 0. The highest BCUT2D eigenvalue weighted by Crippen LogP contribution is 2.51. The van der Waals surface area contributed by atoms with Crippen LogP contribution in [0.25, 0.3) is 0 Å². The van der Waals surface area contributed by atoms with Crippen molar-refractivity contribution < 1.29 is 8.78 Å². The largest absolute Gasteiger partial charge is 0.212 e. The van der Waals surface area contributed by atoms with Crippen LogP contribution in [0.2, 0.25) is 0 Å². The normalized spacial score (nSPS) is 33.3. The van der Waals surface area contributed by atoms with Gasteiger partial charge in [0, 0.05) is 17.4 Å². The highest BCUT2D eigenvalue weighted by Gasteiger charge is 2.39. The number of fused-ring (bicyclic) bond motifs is 3. The highest BCUT2D eigenvalue weighted by molar-refractivity contribution is 5.40. The molecule has 2 heteroatoms. The van der Waals surface area contributed by atoms with E-state index in [2.05, 4.69) is 58.2 Å².